The molecule has 0 bridgehead atoms. The van der Waals surface area contributed by atoms with Crippen LogP contribution >= 0.6 is 35.1 Å². The lowest BCUT2D eigenvalue weighted by molar-refractivity contribution is 0.0657. The molecule has 33 heavy (non-hydrogen) atoms. The molecular weight excluding hydrogens is 479 g/mol. The molecule has 0 unspecified atom stereocenters. The highest BCUT2D eigenvalue weighted by Crippen LogP contribution is 2.24. The topological polar surface area (TPSA) is 65.0 Å². The second kappa shape index (κ2) is 13.0. The highest BCUT2D eigenvalue weighted by atomic mass is 35.5. The van der Waals surface area contributed by atoms with E-state index in [-0.39, 0.29) is 12.4 Å². The molecule has 3 N–H and O–H groups in total. The molecular formula is C25H28Cl2N2O3S. The summed E-state index contributed by atoms with van der Waals surface area (Å²) in [7, 11) is 0. The molecule has 0 aliphatic rings. The Morgan fingerprint density at radius 1 is 1.03 bits per heavy atom. The van der Waals surface area contributed by atoms with Crippen LogP contribution in [0.2, 0.25) is 10.0 Å². The number of halogens is 2. The summed E-state index contributed by atoms with van der Waals surface area (Å²) < 4.78 is 8.93. The molecule has 0 saturated heterocycles. The van der Waals surface area contributed by atoms with Crippen LogP contribution in [0.15, 0.2) is 66.7 Å². The minimum absolute atomic E-state index is 0.166. The van der Waals surface area contributed by atoms with E-state index in [1.165, 1.54) is 11.9 Å². The monoisotopic (exact) mass is 506 g/mol. The van der Waals surface area contributed by atoms with Crippen molar-refractivity contribution in [2.24, 2.45) is 0 Å². The lowest BCUT2D eigenvalue weighted by Gasteiger charge is -2.26. The molecule has 0 spiro atoms. The van der Waals surface area contributed by atoms with Gasteiger partial charge in [-0.15, -0.1) is 0 Å². The lowest BCUT2D eigenvalue weighted by atomic mass is 10.1. The van der Waals surface area contributed by atoms with Crippen LogP contribution in [-0.2, 0) is 13.0 Å². The maximum atomic E-state index is 10.7. The Balaban J connectivity index is 1.60. The van der Waals surface area contributed by atoms with Gasteiger partial charge >= 0.3 is 0 Å². The van der Waals surface area contributed by atoms with Crippen molar-refractivity contribution in [3.05, 3.63) is 87.9 Å². The molecule has 8 heteroatoms. The number of phenolic OH excluding ortho intramolecular Hbond substituents is 1. The summed E-state index contributed by atoms with van der Waals surface area (Å²) in [5.74, 6) is 0.936. The first-order valence-corrected chi connectivity index (χ1v) is 12.6. The molecule has 0 radical (unpaired) electrons. The summed E-state index contributed by atoms with van der Waals surface area (Å²) in [6.07, 6.45) is 1.99. The van der Waals surface area contributed by atoms with Crippen molar-refractivity contribution in [1.29, 1.82) is 0 Å². The standard InChI is InChI=1S/C25H28Cl2N2O3S/c1-33-28-20-7-9-22(10-8-20)32-17-21(30)16-29(15-19-4-2-3-5-25(19)31)13-12-18-6-11-23(26)24(27)14-18/h2-11,14,21,28,30-31H,12-13,15-17H2,1H3/t21-/m0/s1. The summed E-state index contributed by atoms with van der Waals surface area (Å²) in [6, 6.07) is 20.4. The smallest absolute Gasteiger partial charge is 0.120 e. The second-order valence-corrected chi connectivity index (χ2v) is 9.08. The van der Waals surface area contributed by atoms with Gasteiger partial charge in [0.25, 0.3) is 0 Å². The Hall–Kier alpha value is -2.09. The first-order valence-electron chi connectivity index (χ1n) is 10.6. The highest BCUT2D eigenvalue weighted by Gasteiger charge is 2.15. The van der Waals surface area contributed by atoms with Crippen LogP contribution in [0.25, 0.3) is 0 Å². The van der Waals surface area contributed by atoms with E-state index in [1.54, 1.807) is 18.2 Å². The number of aromatic hydroxyl groups is 1. The molecule has 0 amide bonds. The van der Waals surface area contributed by atoms with E-state index >= 15 is 0 Å². The van der Waals surface area contributed by atoms with Gasteiger partial charge in [-0.2, -0.15) is 0 Å². The number of anilines is 1. The van der Waals surface area contributed by atoms with Gasteiger partial charge in [-0.1, -0.05) is 59.4 Å². The van der Waals surface area contributed by atoms with Gasteiger partial charge in [0.2, 0.25) is 0 Å². The number of phenols is 1. The molecule has 3 aromatic rings. The fraction of sp³-hybridized carbons (Fsp3) is 0.280. The lowest BCUT2D eigenvalue weighted by Crippen LogP contribution is -2.36. The summed E-state index contributed by atoms with van der Waals surface area (Å²) in [4.78, 5) is 2.09. The van der Waals surface area contributed by atoms with E-state index < -0.39 is 6.10 Å². The van der Waals surface area contributed by atoms with Crippen molar-refractivity contribution < 1.29 is 14.9 Å². The zero-order valence-electron chi connectivity index (χ0n) is 18.4. The van der Waals surface area contributed by atoms with E-state index in [4.69, 9.17) is 27.9 Å². The first-order chi connectivity index (χ1) is 15.9. The van der Waals surface area contributed by atoms with Crippen molar-refractivity contribution in [1.82, 2.24) is 4.90 Å². The highest BCUT2D eigenvalue weighted by molar-refractivity contribution is 7.99. The van der Waals surface area contributed by atoms with Crippen molar-refractivity contribution in [3.63, 3.8) is 0 Å². The molecule has 3 rings (SSSR count). The molecule has 1 atom stereocenters. The quantitative estimate of drug-likeness (QED) is 0.267. The van der Waals surface area contributed by atoms with Crippen molar-refractivity contribution in [2.45, 2.75) is 19.1 Å². The molecule has 5 nitrogen and oxygen atoms in total. The van der Waals surface area contributed by atoms with E-state index in [0.717, 1.165) is 23.2 Å². The van der Waals surface area contributed by atoms with Crippen LogP contribution in [0.3, 0.4) is 0 Å². The Bertz CT molecular complexity index is 1020. The van der Waals surface area contributed by atoms with Crippen LogP contribution < -0.4 is 9.46 Å². The largest absolute Gasteiger partial charge is 0.508 e. The number of hydrogen-bond acceptors (Lipinski definition) is 6. The second-order valence-electron chi connectivity index (χ2n) is 7.66. The number of aliphatic hydroxyl groups excluding tert-OH is 1. The minimum atomic E-state index is -0.700. The number of hydrogen-bond donors (Lipinski definition) is 3. The molecule has 0 aliphatic carbocycles. The van der Waals surface area contributed by atoms with Gasteiger partial charge in [-0.05, 0) is 54.4 Å². The van der Waals surface area contributed by atoms with Crippen molar-refractivity contribution >= 4 is 40.8 Å². The van der Waals surface area contributed by atoms with Gasteiger partial charge in [0.15, 0.2) is 0 Å². The molecule has 0 saturated carbocycles. The van der Waals surface area contributed by atoms with Gasteiger partial charge in [-0.3, -0.25) is 4.90 Å². The van der Waals surface area contributed by atoms with Gasteiger partial charge < -0.3 is 19.7 Å². The van der Waals surface area contributed by atoms with E-state index in [1.807, 2.05) is 54.8 Å². The molecule has 0 aromatic heterocycles. The molecule has 0 fully saturated rings. The van der Waals surface area contributed by atoms with Crippen molar-refractivity contribution in [2.75, 3.05) is 30.7 Å². The maximum Gasteiger partial charge on any atom is 0.120 e. The van der Waals surface area contributed by atoms with Crippen LogP contribution in [0, 0.1) is 0 Å². The Kier molecular flexibility index (Phi) is 10.0. The Morgan fingerprint density at radius 3 is 2.48 bits per heavy atom. The van der Waals surface area contributed by atoms with E-state index in [0.29, 0.717) is 35.4 Å². The summed E-state index contributed by atoms with van der Waals surface area (Å²) >= 11 is 13.7. The maximum absolute atomic E-state index is 10.7. The summed E-state index contributed by atoms with van der Waals surface area (Å²) in [5.41, 5.74) is 2.85. The molecule has 3 aromatic carbocycles. The Morgan fingerprint density at radius 2 is 1.79 bits per heavy atom. The van der Waals surface area contributed by atoms with Crippen LogP contribution in [0.4, 0.5) is 5.69 Å². The fourth-order valence-electron chi connectivity index (χ4n) is 3.38. The summed E-state index contributed by atoms with van der Waals surface area (Å²) in [6.45, 7) is 1.72. The average Bonchev–Trinajstić information content (AvgIpc) is 2.81. The molecule has 0 aliphatic heterocycles. The Labute approximate surface area is 209 Å². The van der Waals surface area contributed by atoms with E-state index in [2.05, 4.69) is 9.62 Å². The number of para-hydroxylation sites is 1. The number of nitrogens with zero attached hydrogens (tertiary/aromatic N) is 1. The number of ether oxygens (including phenoxy) is 1. The molecule has 0 heterocycles. The number of aliphatic hydroxyl groups is 1. The zero-order chi connectivity index (χ0) is 23.6. The SMILES string of the molecule is CSNc1ccc(OC[C@@H](O)CN(CCc2ccc(Cl)c(Cl)c2)Cc2ccccc2O)cc1. The number of benzene rings is 3. The average molecular weight is 507 g/mol. The van der Waals surface area contributed by atoms with Crippen LogP contribution in [0.5, 0.6) is 11.5 Å². The van der Waals surface area contributed by atoms with Crippen LogP contribution in [0.1, 0.15) is 11.1 Å². The predicted octanol–water partition coefficient (Wildman–Crippen LogP) is 5.87. The normalized spacial score (nSPS) is 12.0. The van der Waals surface area contributed by atoms with Gasteiger partial charge in [0.1, 0.15) is 24.2 Å². The van der Waals surface area contributed by atoms with Crippen LogP contribution in [-0.4, -0.2) is 47.2 Å². The summed E-state index contributed by atoms with van der Waals surface area (Å²) in [5, 5.41) is 21.9. The van der Waals surface area contributed by atoms with Gasteiger partial charge in [0.05, 0.1) is 10.0 Å². The first kappa shape index (κ1) is 25.5. The number of rotatable bonds is 12. The van der Waals surface area contributed by atoms with Gasteiger partial charge in [-0.25, -0.2) is 0 Å². The predicted molar refractivity (Wildman–Crippen MR) is 139 cm³/mol. The third-order valence-electron chi connectivity index (χ3n) is 5.07. The van der Waals surface area contributed by atoms with Gasteiger partial charge in [0, 0.05) is 37.1 Å². The number of nitrogens with one attached hydrogen (secondary N) is 1. The third-order valence-corrected chi connectivity index (χ3v) is 6.25. The third kappa shape index (κ3) is 8.32. The van der Waals surface area contributed by atoms with E-state index in [9.17, 15) is 10.2 Å². The fourth-order valence-corrected chi connectivity index (χ4v) is 4.08. The minimum Gasteiger partial charge on any atom is -0.508 e. The molecule has 176 valence electrons. The zero-order valence-corrected chi connectivity index (χ0v) is 20.7. The van der Waals surface area contributed by atoms with Crippen molar-refractivity contribution in [3.8, 4) is 11.5 Å².